The van der Waals surface area contributed by atoms with Crippen LogP contribution in [0.15, 0.2) is 0 Å². The summed E-state index contributed by atoms with van der Waals surface area (Å²) in [5.41, 5.74) is 0. The number of rotatable bonds is 7. The topological polar surface area (TPSA) is 127 Å². The Morgan fingerprint density at radius 2 is 1.62 bits per heavy atom. The van der Waals surface area contributed by atoms with Crippen LogP contribution in [0.4, 0.5) is 0 Å². The molecule has 0 aromatic heterocycles. The molecule has 0 spiro atoms. The van der Waals surface area contributed by atoms with Crippen LogP contribution in [-0.4, -0.2) is 74.5 Å². The number of hydrogen-bond donors (Lipinski definition) is 5. The zero-order chi connectivity index (χ0) is 12.7. The molecule has 0 rings (SSSR count). The molecule has 4 atom stereocenters. The summed E-state index contributed by atoms with van der Waals surface area (Å²) in [6.07, 6.45) is -6.30. The van der Waals surface area contributed by atoms with Crippen molar-refractivity contribution in [2.45, 2.75) is 24.4 Å². The first-order valence-corrected chi connectivity index (χ1v) is 5.61. The van der Waals surface area contributed by atoms with E-state index in [4.69, 9.17) is 15.3 Å². The number of carbonyl (C=O) groups excluding carboxylic acids is 1. The maximum absolute atomic E-state index is 10.9. The van der Waals surface area contributed by atoms with Crippen LogP contribution >= 0.6 is 15.9 Å². The molecule has 8 heteroatoms. The molecule has 0 aliphatic heterocycles. The SMILES string of the molecule is O=C(CBr)O[C@@H]([C@H](O)[C@H](O)CO)[C@@H](O)CO. The van der Waals surface area contributed by atoms with Gasteiger partial charge in [0.2, 0.25) is 0 Å². The van der Waals surface area contributed by atoms with Gasteiger partial charge in [-0.3, -0.25) is 4.79 Å². The predicted octanol–water partition coefficient (Wildman–Crippen LogP) is -2.64. The largest absolute Gasteiger partial charge is 0.456 e. The van der Waals surface area contributed by atoms with E-state index in [0.29, 0.717) is 0 Å². The fourth-order valence-corrected chi connectivity index (χ4v) is 1.12. The van der Waals surface area contributed by atoms with Gasteiger partial charge in [-0.15, -0.1) is 0 Å². The Kier molecular flexibility index (Phi) is 7.81. The molecule has 0 unspecified atom stereocenters. The third-order valence-corrected chi connectivity index (χ3v) is 2.32. The highest BCUT2D eigenvalue weighted by Crippen LogP contribution is 2.10. The van der Waals surface area contributed by atoms with Gasteiger partial charge in [0.05, 0.1) is 13.2 Å². The first-order valence-electron chi connectivity index (χ1n) is 4.49. The zero-order valence-electron chi connectivity index (χ0n) is 8.36. The number of aliphatic hydroxyl groups excluding tert-OH is 5. The molecular weight excluding hydrogens is 288 g/mol. The number of halogens is 1. The van der Waals surface area contributed by atoms with Gasteiger partial charge >= 0.3 is 5.97 Å². The minimum absolute atomic E-state index is 0.163. The molecule has 0 aliphatic carbocycles. The molecule has 5 N–H and O–H groups in total. The predicted molar refractivity (Wildman–Crippen MR) is 55.9 cm³/mol. The number of alkyl halides is 1. The number of ether oxygens (including phenoxy) is 1. The lowest BCUT2D eigenvalue weighted by Gasteiger charge is -2.28. The second-order valence-corrected chi connectivity index (χ2v) is 3.64. The van der Waals surface area contributed by atoms with Gasteiger partial charge in [-0.05, 0) is 0 Å². The zero-order valence-corrected chi connectivity index (χ0v) is 9.95. The van der Waals surface area contributed by atoms with E-state index in [9.17, 15) is 15.0 Å². The normalized spacial score (nSPS) is 18.6. The van der Waals surface area contributed by atoms with E-state index in [1.165, 1.54) is 0 Å². The van der Waals surface area contributed by atoms with Gasteiger partial charge < -0.3 is 30.3 Å². The van der Waals surface area contributed by atoms with E-state index >= 15 is 0 Å². The lowest BCUT2D eigenvalue weighted by molar-refractivity contribution is -0.174. The molecule has 0 amide bonds. The maximum atomic E-state index is 10.9. The van der Waals surface area contributed by atoms with Crippen LogP contribution in [0, 0.1) is 0 Å². The molecule has 7 nitrogen and oxygen atoms in total. The van der Waals surface area contributed by atoms with Gasteiger partial charge in [-0.1, -0.05) is 15.9 Å². The minimum atomic E-state index is -1.69. The van der Waals surface area contributed by atoms with Gasteiger partial charge in [-0.25, -0.2) is 0 Å². The summed E-state index contributed by atoms with van der Waals surface area (Å²) in [6, 6.07) is 0. The lowest BCUT2D eigenvalue weighted by Crippen LogP contribution is -2.49. The monoisotopic (exact) mass is 302 g/mol. The molecule has 0 aliphatic rings. The van der Waals surface area contributed by atoms with Crippen molar-refractivity contribution in [1.29, 1.82) is 0 Å². The van der Waals surface area contributed by atoms with Gasteiger partial charge in [0.15, 0.2) is 6.10 Å². The smallest absolute Gasteiger partial charge is 0.317 e. The summed E-state index contributed by atoms with van der Waals surface area (Å²) < 4.78 is 4.62. The van der Waals surface area contributed by atoms with Gasteiger partial charge in [0.1, 0.15) is 23.6 Å². The number of esters is 1. The van der Waals surface area contributed by atoms with Crippen molar-refractivity contribution in [2.75, 3.05) is 18.5 Å². The molecule has 0 saturated carbocycles. The van der Waals surface area contributed by atoms with Crippen LogP contribution in [0.25, 0.3) is 0 Å². The molecular formula is C8H15BrO7. The van der Waals surface area contributed by atoms with Crippen LogP contribution in [0.5, 0.6) is 0 Å². The molecule has 0 aromatic carbocycles. The van der Waals surface area contributed by atoms with E-state index in [1.54, 1.807) is 0 Å². The highest BCUT2D eigenvalue weighted by molar-refractivity contribution is 9.09. The van der Waals surface area contributed by atoms with Crippen molar-refractivity contribution in [1.82, 2.24) is 0 Å². The second kappa shape index (κ2) is 7.93. The lowest BCUT2D eigenvalue weighted by atomic mass is 10.0. The fourth-order valence-electron chi connectivity index (χ4n) is 0.990. The Morgan fingerprint density at radius 1 is 1.12 bits per heavy atom. The van der Waals surface area contributed by atoms with E-state index in [2.05, 4.69) is 20.7 Å². The Morgan fingerprint density at radius 3 is 2.00 bits per heavy atom. The quantitative estimate of drug-likeness (QED) is 0.257. The highest BCUT2D eigenvalue weighted by atomic mass is 79.9. The number of carbonyl (C=O) groups is 1. The third-order valence-electron chi connectivity index (χ3n) is 1.86. The summed E-state index contributed by atoms with van der Waals surface area (Å²) in [5.74, 6) is -0.776. The summed E-state index contributed by atoms with van der Waals surface area (Å²) in [6.45, 7) is -1.52. The van der Waals surface area contributed by atoms with E-state index in [-0.39, 0.29) is 5.33 Å². The molecule has 16 heavy (non-hydrogen) atoms. The Labute approximate surface area is 100 Å². The van der Waals surface area contributed by atoms with E-state index in [1.807, 2.05) is 0 Å². The Hall–Kier alpha value is -0.250. The van der Waals surface area contributed by atoms with Crippen LogP contribution in [0.3, 0.4) is 0 Å². The Balaban J connectivity index is 4.59. The van der Waals surface area contributed by atoms with Crippen LogP contribution in [0.2, 0.25) is 0 Å². The van der Waals surface area contributed by atoms with E-state index in [0.717, 1.165) is 0 Å². The standard InChI is InChI=1S/C8H15BrO7/c9-1-6(14)16-8(5(13)3-11)7(15)4(12)2-10/h4-5,7-8,10-13,15H,1-3H2/t4-,5+,7-,8-/m1/s1. The molecule has 0 fully saturated rings. The van der Waals surface area contributed by atoms with Gasteiger partial charge in [0.25, 0.3) is 0 Å². The molecule has 0 saturated heterocycles. The molecule has 0 aromatic rings. The fraction of sp³-hybridized carbons (Fsp3) is 0.875. The first-order chi connectivity index (χ1) is 7.47. The average molecular weight is 303 g/mol. The summed E-state index contributed by atoms with van der Waals surface area (Å²) in [7, 11) is 0. The van der Waals surface area contributed by atoms with Crippen molar-refractivity contribution in [2.24, 2.45) is 0 Å². The van der Waals surface area contributed by atoms with Crippen molar-refractivity contribution in [3.8, 4) is 0 Å². The Bertz CT molecular complexity index is 213. The van der Waals surface area contributed by atoms with Crippen LogP contribution in [0.1, 0.15) is 0 Å². The third kappa shape index (κ3) is 4.73. The minimum Gasteiger partial charge on any atom is -0.456 e. The van der Waals surface area contributed by atoms with Gasteiger partial charge in [0, 0.05) is 0 Å². The van der Waals surface area contributed by atoms with Crippen LogP contribution < -0.4 is 0 Å². The van der Waals surface area contributed by atoms with E-state index < -0.39 is 43.6 Å². The highest BCUT2D eigenvalue weighted by Gasteiger charge is 2.34. The molecule has 0 heterocycles. The summed E-state index contributed by atoms with van der Waals surface area (Å²) >= 11 is 2.81. The van der Waals surface area contributed by atoms with Crippen LogP contribution in [-0.2, 0) is 9.53 Å². The number of hydrogen-bond acceptors (Lipinski definition) is 7. The summed E-state index contributed by atoms with van der Waals surface area (Å²) in [5, 5.41) is 45.0. The van der Waals surface area contributed by atoms with Crippen molar-refractivity contribution in [3.05, 3.63) is 0 Å². The van der Waals surface area contributed by atoms with Crippen molar-refractivity contribution in [3.63, 3.8) is 0 Å². The second-order valence-electron chi connectivity index (χ2n) is 3.08. The number of aliphatic hydroxyl groups is 5. The van der Waals surface area contributed by atoms with Gasteiger partial charge in [-0.2, -0.15) is 0 Å². The first kappa shape index (κ1) is 15.8. The maximum Gasteiger partial charge on any atom is 0.317 e. The van der Waals surface area contributed by atoms with Crippen molar-refractivity contribution >= 4 is 21.9 Å². The molecule has 96 valence electrons. The van der Waals surface area contributed by atoms with Crippen molar-refractivity contribution < 1.29 is 35.1 Å². The molecule has 0 bridgehead atoms. The summed E-state index contributed by atoms with van der Waals surface area (Å²) in [4.78, 5) is 10.9. The molecule has 0 radical (unpaired) electrons. The average Bonchev–Trinajstić information content (AvgIpc) is 2.32.